The molecule has 2 aromatic rings. The minimum Gasteiger partial charge on any atom is -0.312 e. The monoisotopic (exact) mass is 402 g/mol. The van der Waals surface area contributed by atoms with E-state index >= 15 is 0 Å². The summed E-state index contributed by atoms with van der Waals surface area (Å²) in [7, 11) is -3.62. The molecule has 0 bridgehead atoms. The van der Waals surface area contributed by atoms with Crippen molar-refractivity contribution in [1.29, 1.82) is 0 Å². The fraction of sp³-hybridized carbons (Fsp3) is 0.381. The Labute approximate surface area is 164 Å². The summed E-state index contributed by atoms with van der Waals surface area (Å²) in [6, 6.07) is 11.1. The van der Waals surface area contributed by atoms with Gasteiger partial charge in [-0.25, -0.2) is 17.5 Å². The number of carbonyl (C=O) groups excluding carboxylic acids is 1. The minimum atomic E-state index is -3.62. The molecule has 0 unspecified atom stereocenters. The van der Waals surface area contributed by atoms with E-state index in [1.165, 1.54) is 17.7 Å². The van der Waals surface area contributed by atoms with Crippen molar-refractivity contribution in [2.45, 2.75) is 37.0 Å². The Balaban J connectivity index is 1.41. The van der Waals surface area contributed by atoms with Crippen molar-refractivity contribution >= 4 is 21.6 Å². The SMILES string of the molecule is O=C1C[C@H](CNS(=O)(=O)c2ccc3c(c2)CCCC3)CN1c1ccc(F)cc1. The molecule has 4 rings (SSSR count). The molecule has 1 atom stereocenters. The minimum absolute atomic E-state index is 0.0791. The molecule has 1 aliphatic carbocycles. The second-order valence-electron chi connectivity index (χ2n) is 7.54. The Kier molecular flexibility index (Phi) is 5.21. The van der Waals surface area contributed by atoms with Crippen LogP contribution in [-0.4, -0.2) is 27.4 Å². The summed E-state index contributed by atoms with van der Waals surface area (Å²) in [6.45, 7) is 0.611. The molecule has 2 aliphatic rings. The van der Waals surface area contributed by atoms with Gasteiger partial charge in [0.25, 0.3) is 0 Å². The third-order valence-electron chi connectivity index (χ3n) is 5.54. The number of carbonyl (C=O) groups is 1. The lowest BCUT2D eigenvalue weighted by atomic mass is 9.92. The van der Waals surface area contributed by atoms with Crippen LogP contribution < -0.4 is 9.62 Å². The Morgan fingerprint density at radius 2 is 1.75 bits per heavy atom. The van der Waals surface area contributed by atoms with E-state index in [1.54, 1.807) is 29.2 Å². The summed E-state index contributed by atoms with van der Waals surface area (Å²) in [4.78, 5) is 14.1. The van der Waals surface area contributed by atoms with Crippen molar-refractivity contribution in [1.82, 2.24) is 4.72 Å². The molecule has 0 aromatic heterocycles. The predicted octanol–water partition coefficient (Wildman–Crippen LogP) is 3.04. The average molecular weight is 402 g/mol. The quantitative estimate of drug-likeness (QED) is 0.836. The van der Waals surface area contributed by atoms with Crippen LogP contribution in [0.15, 0.2) is 47.4 Å². The van der Waals surface area contributed by atoms with Gasteiger partial charge in [-0.1, -0.05) is 6.07 Å². The zero-order chi connectivity index (χ0) is 19.7. The molecule has 1 fully saturated rings. The van der Waals surface area contributed by atoms with Crippen molar-refractivity contribution in [3.63, 3.8) is 0 Å². The highest BCUT2D eigenvalue weighted by Gasteiger charge is 2.31. The first kappa shape index (κ1) is 19.1. The number of benzene rings is 2. The molecule has 2 aromatic carbocycles. The normalized spacial score (nSPS) is 19.7. The predicted molar refractivity (Wildman–Crippen MR) is 105 cm³/mol. The third kappa shape index (κ3) is 3.95. The number of anilines is 1. The molecule has 7 heteroatoms. The first-order valence-electron chi connectivity index (χ1n) is 9.60. The van der Waals surface area contributed by atoms with Crippen LogP contribution in [0.2, 0.25) is 0 Å². The lowest BCUT2D eigenvalue weighted by molar-refractivity contribution is -0.117. The van der Waals surface area contributed by atoms with Gasteiger partial charge < -0.3 is 4.90 Å². The maximum atomic E-state index is 13.1. The molecule has 5 nitrogen and oxygen atoms in total. The zero-order valence-corrected chi connectivity index (χ0v) is 16.3. The lowest BCUT2D eigenvalue weighted by Crippen LogP contribution is -2.31. The highest BCUT2D eigenvalue weighted by Crippen LogP contribution is 2.26. The summed E-state index contributed by atoms with van der Waals surface area (Å²) < 4.78 is 41.1. The molecular weight excluding hydrogens is 379 g/mol. The molecule has 28 heavy (non-hydrogen) atoms. The molecular formula is C21H23FN2O3S. The summed E-state index contributed by atoms with van der Waals surface area (Å²) in [5.41, 5.74) is 2.99. The number of halogens is 1. The Bertz CT molecular complexity index is 989. The van der Waals surface area contributed by atoms with Crippen LogP contribution in [-0.2, 0) is 27.7 Å². The Morgan fingerprint density at radius 3 is 2.50 bits per heavy atom. The smallest absolute Gasteiger partial charge is 0.240 e. The maximum absolute atomic E-state index is 13.1. The number of fused-ring (bicyclic) bond motifs is 1. The largest absolute Gasteiger partial charge is 0.312 e. The Hall–Kier alpha value is -2.25. The molecule has 0 saturated carbocycles. The fourth-order valence-corrected chi connectivity index (χ4v) is 5.14. The fourth-order valence-electron chi connectivity index (χ4n) is 3.98. The number of hydrogen-bond acceptors (Lipinski definition) is 3. The van der Waals surface area contributed by atoms with Crippen molar-refractivity contribution in [2.24, 2.45) is 5.92 Å². The second kappa shape index (κ2) is 7.64. The van der Waals surface area contributed by atoms with Gasteiger partial charge in [-0.2, -0.15) is 0 Å². The van der Waals surface area contributed by atoms with Crippen LogP contribution in [0.3, 0.4) is 0 Å². The summed E-state index contributed by atoms with van der Waals surface area (Å²) in [5.74, 6) is -0.556. The maximum Gasteiger partial charge on any atom is 0.240 e. The summed E-state index contributed by atoms with van der Waals surface area (Å²) in [5, 5.41) is 0. The van der Waals surface area contributed by atoms with E-state index in [9.17, 15) is 17.6 Å². The topological polar surface area (TPSA) is 66.5 Å². The number of rotatable bonds is 5. The van der Waals surface area contributed by atoms with Gasteiger partial charge in [0.15, 0.2) is 0 Å². The van der Waals surface area contributed by atoms with Gasteiger partial charge in [0.2, 0.25) is 15.9 Å². The van der Waals surface area contributed by atoms with E-state index in [0.717, 1.165) is 31.2 Å². The number of aryl methyl sites for hydroxylation is 2. The molecule has 1 aliphatic heterocycles. The van der Waals surface area contributed by atoms with Gasteiger partial charge in [-0.3, -0.25) is 4.79 Å². The first-order chi connectivity index (χ1) is 13.4. The molecule has 1 N–H and O–H groups in total. The van der Waals surface area contributed by atoms with Crippen LogP contribution in [0.4, 0.5) is 10.1 Å². The number of hydrogen-bond donors (Lipinski definition) is 1. The molecule has 1 amide bonds. The van der Waals surface area contributed by atoms with Crippen LogP contribution >= 0.6 is 0 Å². The average Bonchev–Trinajstić information content (AvgIpc) is 3.07. The zero-order valence-electron chi connectivity index (χ0n) is 15.5. The highest BCUT2D eigenvalue weighted by molar-refractivity contribution is 7.89. The van der Waals surface area contributed by atoms with Crippen LogP contribution in [0.25, 0.3) is 0 Å². The van der Waals surface area contributed by atoms with Gasteiger partial charge in [0, 0.05) is 25.2 Å². The first-order valence-corrected chi connectivity index (χ1v) is 11.1. The van der Waals surface area contributed by atoms with E-state index in [1.807, 2.05) is 6.07 Å². The van der Waals surface area contributed by atoms with Crippen LogP contribution in [0, 0.1) is 11.7 Å². The van der Waals surface area contributed by atoms with E-state index in [0.29, 0.717) is 12.2 Å². The van der Waals surface area contributed by atoms with Crippen molar-refractivity contribution in [3.05, 3.63) is 59.4 Å². The number of sulfonamides is 1. The van der Waals surface area contributed by atoms with Gasteiger partial charge in [0.1, 0.15) is 5.82 Å². The van der Waals surface area contributed by atoms with Gasteiger partial charge in [0.05, 0.1) is 4.90 Å². The summed E-state index contributed by atoms with van der Waals surface area (Å²) >= 11 is 0. The number of nitrogens with zero attached hydrogens (tertiary/aromatic N) is 1. The molecule has 1 heterocycles. The summed E-state index contributed by atoms with van der Waals surface area (Å²) in [6.07, 6.45) is 4.43. The van der Waals surface area contributed by atoms with Crippen LogP contribution in [0.5, 0.6) is 0 Å². The second-order valence-corrected chi connectivity index (χ2v) is 9.31. The van der Waals surface area contributed by atoms with Gasteiger partial charge in [-0.05, 0) is 79.1 Å². The van der Waals surface area contributed by atoms with Crippen LogP contribution in [0.1, 0.15) is 30.4 Å². The van der Waals surface area contributed by atoms with Crippen molar-refractivity contribution in [3.8, 4) is 0 Å². The standard InChI is InChI=1S/C21H23FN2O3S/c22-18-6-8-19(9-7-18)24-14-15(11-21(24)25)13-23-28(26,27)20-10-5-16-3-1-2-4-17(16)12-20/h5-10,12,15,23H,1-4,11,13-14H2/t15-/m1/s1. The van der Waals surface area contributed by atoms with Gasteiger partial charge >= 0.3 is 0 Å². The van der Waals surface area contributed by atoms with Crippen molar-refractivity contribution < 1.29 is 17.6 Å². The number of amides is 1. The lowest BCUT2D eigenvalue weighted by Gasteiger charge is -2.18. The van der Waals surface area contributed by atoms with E-state index in [4.69, 9.17) is 0 Å². The molecule has 0 radical (unpaired) electrons. The third-order valence-corrected chi connectivity index (χ3v) is 6.96. The van der Waals surface area contributed by atoms with Gasteiger partial charge in [-0.15, -0.1) is 0 Å². The molecule has 1 saturated heterocycles. The van der Waals surface area contributed by atoms with E-state index in [2.05, 4.69) is 4.72 Å². The molecule has 148 valence electrons. The highest BCUT2D eigenvalue weighted by atomic mass is 32.2. The van der Waals surface area contributed by atoms with Crippen molar-refractivity contribution in [2.75, 3.05) is 18.0 Å². The van der Waals surface area contributed by atoms with E-state index in [-0.39, 0.29) is 35.5 Å². The van der Waals surface area contributed by atoms with E-state index < -0.39 is 10.0 Å². The molecule has 0 spiro atoms. The Morgan fingerprint density at radius 1 is 1.04 bits per heavy atom. The number of nitrogens with one attached hydrogen (secondary N) is 1.